The molecule has 150 valence electrons. The minimum absolute atomic E-state index is 0.163. The summed E-state index contributed by atoms with van der Waals surface area (Å²) in [7, 11) is 4.14. The fourth-order valence-corrected chi connectivity index (χ4v) is 4.74. The molecular formula is C24H29Cl2NO. The van der Waals surface area contributed by atoms with Crippen molar-refractivity contribution in [2.75, 3.05) is 20.6 Å². The molecule has 1 saturated carbocycles. The van der Waals surface area contributed by atoms with Crippen LogP contribution < -0.4 is 0 Å². The first kappa shape index (κ1) is 21.4. The van der Waals surface area contributed by atoms with Crippen molar-refractivity contribution in [3.63, 3.8) is 0 Å². The minimum Gasteiger partial charge on any atom is -0.385 e. The van der Waals surface area contributed by atoms with E-state index in [1.54, 1.807) is 0 Å². The van der Waals surface area contributed by atoms with E-state index in [0.29, 0.717) is 17.4 Å². The lowest BCUT2D eigenvalue weighted by atomic mass is 9.64. The molecule has 0 radical (unpaired) electrons. The van der Waals surface area contributed by atoms with Crippen molar-refractivity contribution in [1.82, 2.24) is 4.90 Å². The molecule has 0 heterocycles. The maximum atomic E-state index is 12.1. The second-order valence-electron chi connectivity index (χ2n) is 8.32. The Balaban J connectivity index is 2.04. The average Bonchev–Trinajstić information content (AvgIpc) is 2.63. The molecule has 0 aliphatic heterocycles. The highest BCUT2D eigenvalue weighted by Crippen LogP contribution is 2.44. The Morgan fingerprint density at radius 2 is 1.79 bits per heavy atom. The van der Waals surface area contributed by atoms with E-state index in [-0.39, 0.29) is 5.92 Å². The van der Waals surface area contributed by atoms with Crippen LogP contribution in [0.2, 0.25) is 10.0 Å². The normalized spacial score (nSPS) is 26.8. The Bertz CT molecular complexity index is 831. The molecule has 28 heavy (non-hydrogen) atoms. The second kappa shape index (κ2) is 9.00. The van der Waals surface area contributed by atoms with Crippen LogP contribution in [-0.4, -0.2) is 36.2 Å². The Labute approximate surface area is 178 Å². The third-order valence-corrected chi connectivity index (χ3v) is 6.28. The molecule has 0 saturated heterocycles. The number of halogens is 2. The summed E-state index contributed by atoms with van der Waals surface area (Å²) in [5.74, 6) is 0.481. The number of hydrogen-bond donors (Lipinski definition) is 1. The maximum absolute atomic E-state index is 12.1. The van der Waals surface area contributed by atoms with Crippen molar-refractivity contribution in [2.45, 2.75) is 31.8 Å². The molecule has 1 aliphatic carbocycles. The first-order valence-corrected chi connectivity index (χ1v) is 10.6. The van der Waals surface area contributed by atoms with Crippen molar-refractivity contribution in [2.24, 2.45) is 11.8 Å². The standard InChI is InChI=1S/C24H29Cl2NO/c1-17-7-10-20(16-27(2)3)24(28,15-19-5-4-6-22(26)13-19)23(17)14-18-8-11-21(25)12-9-18/h4-6,8-9,11-14,17,20,28H,7,10,15-16H2,1-3H3. The summed E-state index contributed by atoms with van der Waals surface area (Å²) in [6, 6.07) is 15.7. The molecule has 0 amide bonds. The molecule has 2 aromatic carbocycles. The number of nitrogens with zero attached hydrogens (tertiary/aromatic N) is 1. The van der Waals surface area contributed by atoms with Gasteiger partial charge in [-0.25, -0.2) is 0 Å². The molecule has 3 atom stereocenters. The molecule has 3 unspecified atom stereocenters. The van der Waals surface area contributed by atoms with Gasteiger partial charge >= 0.3 is 0 Å². The lowest BCUT2D eigenvalue weighted by Gasteiger charge is -2.46. The van der Waals surface area contributed by atoms with Crippen LogP contribution in [0.4, 0.5) is 0 Å². The van der Waals surface area contributed by atoms with Gasteiger partial charge in [-0.1, -0.05) is 60.5 Å². The van der Waals surface area contributed by atoms with Crippen molar-refractivity contribution < 1.29 is 5.11 Å². The third kappa shape index (κ3) is 4.99. The largest absolute Gasteiger partial charge is 0.385 e. The number of benzene rings is 2. The summed E-state index contributed by atoms with van der Waals surface area (Å²) in [6.45, 7) is 3.07. The summed E-state index contributed by atoms with van der Waals surface area (Å²) in [4.78, 5) is 2.17. The number of hydrogen-bond acceptors (Lipinski definition) is 2. The fourth-order valence-electron chi connectivity index (χ4n) is 4.40. The Hall–Kier alpha value is -1.32. The van der Waals surface area contributed by atoms with Crippen LogP contribution in [0.1, 0.15) is 30.9 Å². The van der Waals surface area contributed by atoms with Crippen molar-refractivity contribution >= 4 is 29.3 Å². The van der Waals surface area contributed by atoms with Crippen molar-refractivity contribution in [3.8, 4) is 0 Å². The first-order chi connectivity index (χ1) is 13.3. The molecule has 0 bridgehead atoms. The van der Waals surface area contributed by atoms with Crippen LogP contribution in [0.3, 0.4) is 0 Å². The summed E-state index contributed by atoms with van der Waals surface area (Å²) < 4.78 is 0. The molecule has 0 spiro atoms. The van der Waals surface area contributed by atoms with Crippen molar-refractivity contribution in [1.29, 1.82) is 0 Å². The highest BCUT2D eigenvalue weighted by molar-refractivity contribution is 6.30. The lowest BCUT2D eigenvalue weighted by molar-refractivity contribution is -0.0218. The molecule has 1 fully saturated rings. The van der Waals surface area contributed by atoms with Gasteiger partial charge < -0.3 is 10.0 Å². The van der Waals surface area contributed by atoms with Gasteiger partial charge in [0.1, 0.15) is 0 Å². The highest BCUT2D eigenvalue weighted by Gasteiger charge is 2.45. The van der Waals surface area contributed by atoms with Crippen LogP contribution >= 0.6 is 23.2 Å². The molecule has 2 aromatic rings. The second-order valence-corrected chi connectivity index (χ2v) is 9.19. The molecule has 0 aromatic heterocycles. The van der Waals surface area contributed by atoms with E-state index in [0.717, 1.165) is 41.1 Å². The first-order valence-electron chi connectivity index (χ1n) is 9.87. The Morgan fingerprint density at radius 3 is 2.43 bits per heavy atom. The Kier molecular flexibility index (Phi) is 6.88. The SMILES string of the molecule is CC1CCC(CN(C)C)C(O)(Cc2cccc(Cl)c2)C1=Cc1ccc(Cl)cc1. The zero-order chi connectivity index (χ0) is 20.3. The van der Waals surface area contributed by atoms with Gasteiger partial charge in [-0.3, -0.25) is 0 Å². The van der Waals surface area contributed by atoms with Crippen LogP contribution in [0.15, 0.2) is 54.1 Å². The van der Waals surface area contributed by atoms with Gasteiger partial charge in [-0.05, 0) is 73.8 Å². The summed E-state index contributed by atoms with van der Waals surface area (Å²) >= 11 is 12.3. The number of aliphatic hydroxyl groups is 1. The summed E-state index contributed by atoms with van der Waals surface area (Å²) in [5.41, 5.74) is 2.33. The van der Waals surface area contributed by atoms with Gasteiger partial charge in [0.25, 0.3) is 0 Å². The fraction of sp³-hybridized carbons (Fsp3) is 0.417. The smallest absolute Gasteiger partial charge is 0.0942 e. The van der Waals surface area contributed by atoms with E-state index >= 15 is 0 Å². The molecule has 1 N–H and O–H groups in total. The van der Waals surface area contributed by atoms with E-state index in [1.165, 1.54) is 0 Å². The maximum Gasteiger partial charge on any atom is 0.0942 e. The zero-order valence-corrected chi connectivity index (χ0v) is 18.3. The molecule has 3 rings (SSSR count). The average molecular weight is 418 g/mol. The molecular weight excluding hydrogens is 389 g/mol. The lowest BCUT2D eigenvalue weighted by Crippen LogP contribution is -2.50. The zero-order valence-electron chi connectivity index (χ0n) is 16.8. The van der Waals surface area contributed by atoms with Gasteiger partial charge in [0.05, 0.1) is 5.60 Å². The van der Waals surface area contributed by atoms with Crippen LogP contribution in [-0.2, 0) is 6.42 Å². The number of rotatable bonds is 5. The van der Waals surface area contributed by atoms with Gasteiger partial charge in [-0.15, -0.1) is 0 Å². The van der Waals surface area contributed by atoms with E-state index in [4.69, 9.17) is 23.2 Å². The van der Waals surface area contributed by atoms with E-state index in [1.807, 2.05) is 42.5 Å². The monoisotopic (exact) mass is 417 g/mol. The minimum atomic E-state index is -0.910. The van der Waals surface area contributed by atoms with Gasteiger partial charge in [0.2, 0.25) is 0 Å². The molecule has 4 heteroatoms. The van der Waals surface area contributed by atoms with Gasteiger partial charge in [-0.2, -0.15) is 0 Å². The predicted octanol–water partition coefficient (Wildman–Crippen LogP) is 5.96. The van der Waals surface area contributed by atoms with E-state index in [2.05, 4.69) is 38.1 Å². The summed E-state index contributed by atoms with van der Waals surface area (Å²) in [6.07, 6.45) is 4.81. The van der Waals surface area contributed by atoms with Gasteiger partial charge in [0, 0.05) is 28.9 Å². The van der Waals surface area contributed by atoms with Crippen LogP contribution in [0.5, 0.6) is 0 Å². The van der Waals surface area contributed by atoms with Crippen LogP contribution in [0.25, 0.3) is 6.08 Å². The van der Waals surface area contributed by atoms with E-state index < -0.39 is 5.60 Å². The van der Waals surface area contributed by atoms with E-state index in [9.17, 15) is 5.11 Å². The molecule has 1 aliphatic rings. The third-order valence-electron chi connectivity index (χ3n) is 5.79. The van der Waals surface area contributed by atoms with Crippen molar-refractivity contribution in [3.05, 3.63) is 75.3 Å². The Morgan fingerprint density at radius 1 is 1.07 bits per heavy atom. The predicted molar refractivity (Wildman–Crippen MR) is 120 cm³/mol. The van der Waals surface area contributed by atoms with Crippen LogP contribution in [0, 0.1) is 11.8 Å². The quantitative estimate of drug-likeness (QED) is 0.648. The molecule has 2 nitrogen and oxygen atoms in total. The highest BCUT2D eigenvalue weighted by atomic mass is 35.5. The summed E-state index contributed by atoms with van der Waals surface area (Å²) in [5, 5.41) is 13.5. The topological polar surface area (TPSA) is 23.5 Å². The van der Waals surface area contributed by atoms with Gasteiger partial charge in [0.15, 0.2) is 0 Å².